The van der Waals surface area contributed by atoms with Crippen LogP contribution in [0.5, 0.6) is 5.75 Å². The van der Waals surface area contributed by atoms with Gasteiger partial charge in [-0.3, -0.25) is 0 Å². The number of aromatic hydroxyl groups is 1. The summed E-state index contributed by atoms with van der Waals surface area (Å²) in [4.78, 5) is 0. The molecule has 0 radical (unpaired) electrons. The molecule has 0 aliphatic carbocycles. The quantitative estimate of drug-likeness (QED) is 0.486. The van der Waals surface area contributed by atoms with Gasteiger partial charge >= 0.3 is 0 Å². The molecule has 2 aromatic rings. The minimum atomic E-state index is 0.170. The number of nitrogens with one attached hydrogen (secondary N) is 1. The second-order valence-corrected chi connectivity index (χ2v) is 5.92. The van der Waals surface area contributed by atoms with Crippen LogP contribution in [0.25, 0.3) is 0 Å². The Bertz CT molecular complexity index is 676. The van der Waals surface area contributed by atoms with E-state index in [1.807, 2.05) is 30.3 Å². The van der Waals surface area contributed by atoms with E-state index in [2.05, 4.69) is 26.3 Å². The lowest BCUT2D eigenvalue weighted by atomic mass is 10.2. The molecular formula is C16H16BrN3OS. The first-order valence-corrected chi connectivity index (χ1v) is 7.84. The summed E-state index contributed by atoms with van der Waals surface area (Å²) in [6.45, 7) is 0.641. The Balaban J connectivity index is 1.93. The van der Waals surface area contributed by atoms with E-state index in [1.54, 1.807) is 36.5 Å². The lowest BCUT2D eigenvalue weighted by Crippen LogP contribution is -2.33. The van der Waals surface area contributed by atoms with Gasteiger partial charge in [0.1, 0.15) is 5.75 Å². The fraction of sp³-hybridized carbons (Fsp3) is 0.125. The lowest BCUT2D eigenvalue weighted by Gasteiger charge is -2.15. The zero-order valence-corrected chi connectivity index (χ0v) is 14.4. The number of hydrogen-bond donors (Lipinski definition) is 2. The van der Waals surface area contributed by atoms with Crippen molar-refractivity contribution < 1.29 is 5.11 Å². The summed E-state index contributed by atoms with van der Waals surface area (Å²) in [5, 5.41) is 19.2. The van der Waals surface area contributed by atoms with E-state index in [1.165, 1.54) is 0 Å². The van der Waals surface area contributed by atoms with Crippen LogP contribution in [0, 0.1) is 0 Å². The Labute approximate surface area is 143 Å². The monoisotopic (exact) mass is 377 g/mol. The summed E-state index contributed by atoms with van der Waals surface area (Å²) in [7, 11) is 1.76. The van der Waals surface area contributed by atoms with Crippen LogP contribution in [-0.2, 0) is 6.54 Å². The topological polar surface area (TPSA) is 47.9 Å². The highest BCUT2D eigenvalue weighted by Crippen LogP contribution is 2.20. The molecule has 0 unspecified atom stereocenters. The standard InChI is InChI=1S/C16H16BrN3OS/c1-20(16(22)18-10-12-5-3-2-4-6-12)19-11-13-9-14(17)7-8-15(13)21/h2-9,11,21H,10H2,1H3,(H,18,22)/b19-11+. The van der Waals surface area contributed by atoms with Gasteiger partial charge in [-0.2, -0.15) is 5.10 Å². The van der Waals surface area contributed by atoms with Crippen LogP contribution < -0.4 is 5.32 Å². The van der Waals surface area contributed by atoms with Gasteiger partial charge in [0.25, 0.3) is 0 Å². The molecule has 6 heteroatoms. The normalized spacial score (nSPS) is 10.6. The Hall–Kier alpha value is -1.92. The minimum absolute atomic E-state index is 0.170. The SMILES string of the molecule is CN(/N=C/c1cc(Br)ccc1O)C(=S)NCc1ccccc1. The summed E-state index contributed by atoms with van der Waals surface area (Å²) in [6, 6.07) is 15.2. The van der Waals surface area contributed by atoms with Crippen LogP contribution in [0.4, 0.5) is 0 Å². The molecule has 0 bridgehead atoms. The second kappa shape index (κ2) is 7.91. The average Bonchev–Trinajstić information content (AvgIpc) is 2.54. The van der Waals surface area contributed by atoms with Gasteiger partial charge in [0.2, 0.25) is 0 Å². The maximum atomic E-state index is 9.76. The van der Waals surface area contributed by atoms with E-state index in [4.69, 9.17) is 12.2 Å². The lowest BCUT2D eigenvalue weighted by molar-refractivity contribution is 0.473. The van der Waals surface area contributed by atoms with Gasteiger partial charge in [0, 0.05) is 23.6 Å². The van der Waals surface area contributed by atoms with Crippen molar-refractivity contribution in [2.45, 2.75) is 6.54 Å². The van der Waals surface area contributed by atoms with Crippen LogP contribution >= 0.6 is 28.1 Å². The molecular weight excluding hydrogens is 362 g/mol. The van der Waals surface area contributed by atoms with Crippen LogP contribution in [0.15, 0.2) is 58.1 Å². The van der Waals surface area contributed by atoms with Crippen LogP contribution in [0.2, 0.25) is 0 Å². The largest absolute Gasteiger partial charge is 0.507 e. The zero-order valence-electron chi connectivity index (χ0n) is 12.0. The molecule has 0 aliphatic rings. The molecule has 0 spiro atoms. The predicted molar refractivity (Wildman–Crippen MR) is 97.0 cm³/mol. The fourth-order valence-corrected chi connectivity index (χ4v) is 2.22. The number of rotatable bonds is 4. The highest BCUT2D eigenvalue weighted by Gasteiger charge is 2.03. The van der Waals surface area contributed by atoms with Crippen LogP contribution in [0.1, 0.15) is 11.1 Å². The Morgan fingerprint density at radius 3 is 2.77 bits per heavy atom. The maximum Gasteiger partial charge on any atom is 0.189 e. The third-order valence-corrected chi connectivity index (χ3v) is 3.84. The van der Waals surface area contributed by atoms with Crippen LogP contribution in [0.3, 0.4) is 0 Å². The van der Waals surface area contributed by atoms with Crippen molar-refractivity contribution in [3.63, 3.8) is 0 Å². The molecule has 0 heterocycles. The van der Waals surface area contributed by atoms with Gasteiger partial charge in [-0.1, -0.05) is 46.3 Å². The zero-order chi connectivity index (χ0) is 15.9. The van der Waals surface area contributed by atoms with E-state index < -0.39 is 0 Å². The Morgan fingerprint density at radius 1 is 1.32 bits per heavy atom. The Morgan fingerprint density at radius 2 is 2.05 bits per heavy atom. The molecule has 0 aliphatic heterocycles. The van der Waals surface area contributed by atoms with Crippen molar-refractivity contribution in [2.24, 2.45) is 5.10 Å². The van der Waals surface area contributed by atoms with Gasteiger partial charge in [0.15, 0.2) is 5.11 Å². The number of benzene rings is 2. The van der Waals surface area contributed by atoms with Crippen LogP contribution in [-0.4, -0.2) is 28.5 Å². The number of nitrogens with zero attached hydrogens (tertiary/aromatic N) is 2. The van der Waals surface area contributed by atoms with E-state index in [9.17, 15) is 5.11 Å². The van der Waals surface area contributed by atoms with Crippen molar-refractivity contribution in [2.75, 3.05) is 7.05 Å². The fourth-order valence-electron chi connectivity index (χ4n) is 1.72. The Kier molecular flexibility index (Phi) is 5.91. The molecule has 114 valence electrons. The smallest absolute Gasteiger partial charge is 0.189 e. The first-order valence-electron chi connectivity index (χ1n) is 6.64. The number of phenols is 1. The molecule has 0 saturated carbocycles. The molecule has 0 saturated heterocycles. The average molecular weight is 378 g/mol. The molecule has 4 nitrogen and oxygen atoms in total. The number of hydrogen-bond acceptors (Lipinski definition) is 3. The van der Waals surface area contributed by atoms with Crippen molar-refractivity contribution in [1.82, 2.24) is 10.3 Å². The van der Waals surface area contributed by atoms with Gasteiger partial charge in [-0.25, -0.2) is 5.01 Å². The summed E-state index contributed by atoms with van der Waals surface area (Å²) >= 11 is 8.64. The molecule has 2 rings (SSSR count). The van der Waals surface area contributed by atoms with Crippen molar-refractivity contribution in [1.29, 1.82) is 0 Å². The minimum Gasteiger partial charge on any atom is -0.507 e. The summed E-state index contributed by atoms with van der Waals surface area (Å²) in [5.74, 6) is 0.170. The molecule has 2 aromatic carbocycles. The third-order valence-electron chi connectivity index (χ3n) is 2.94. The first-order chi connectivity index (χ1) is 10.6. The number of hydrazone groups is 1. The summed E-state index contributed by atoms with van der Waals surface area (Å²) < 4.78 is 0.874. The first kappa shape index (κ1) is 16.5. The maximum absolute atomic E-state index is 9.76. The van der Waals surface area contributed by atoms with Gasteiger partial charge in [-0.05, 0) is 36.0 Å². The van der Waals surface area contributed by atoms with Gasteiger partial charge < -0.3 is 10.4 Å². The highest BCUT2D eigenvalue weighted by atomic mass is 79.9. The summed E-state index contributed by atoms with van der Waals surface area (Å²) in [5.41, 5.74) is 1.76. The van der Waals surface area contributed by atoms with E-state index in [0.717, 1.165) is 10.0 Å². The van der Waals surface area contributed by atoms with E-state index in [0.29, 0.717) is 17.2 Å². The molecule has 0 fully saturated rings. The van der Waals surface area contributed by atoms with Crippen molar-refractivity contribution in [3.05, 3.63) is 64.1 Å². The molecule has 0 aromatic heterocycles. The summed E-state index contributed by atoms with van der Waals surface area (Å²) in [6.07, 6.45) is 1.57. The predicted octanol–water partition coefficient (Wildman–Crippen LogP) is 3.50. The van der Waals surface area contributed by atoms with Gasteiger partial charge in [-0.15, -0.1) is 0 Å². The van der Waals surface area contributed by atoms with Crippen molar-refractivity contribution >= 4 is 39.5 Å². The van der Waals surface area contributed by atoms with E-state index in [-0.39, 0.29) is 5.75 Å². The van der Waals surface area contributed by atoms with Crippen molar-refractivity contribution in [3.8, 4) is 5.75 Å². The number of thiocarbonyl (C=S) groups is 1. The van der Waals surface area contributed by atoms with E-state index >= 15 is 0 Å². The third kappa shape index (κ3) is 4.82. The molecule has 2 N–H and O–H groups in total. The number of halogens is 1. The highest BCUT2D eigenvalue weighted by molar-refractivity contribution is 9.10. The molecule has 22 heavy (non-hydrogen) atoms. The van der Waals surface area contributed by atoms with Gasteiger partial charge in [0.05, 0.1) is 6.21 Å². The molecule has 0 amide bonds. The second-order valence-electron chi connectivity index (χ2n) is 4.62. The molecule has 0 atom stereocenters. The number of phenolic OH excluding ortho intramolecular Hbond substituents is 1.